The summed E-state index contributed by atoms with van der Waals surface area (Å²) in [7, 11) is 0. The van der Waals surface area contributed by atoms with E-state index in [1.165, 1.54) is 11.3 Å². The average Bonchev–Trinajstić information content (AvgIpc) is 3.37. The van der Waals surface area contributed by atoms with Crippen molar-refractivity contribution in [1.82, 2.24) is 14.5 Å². The summed E-state index contributed by atoms with van der Waals surface area (Å²) in [6.07, 6.45) is 5.32. The van der Waals surface area contributed by atoms with Gasteiger partial charge in [0.15, 0.2) is 0 Å². The smallest absolute Gasteiger partial charge is 0.265 e. The van der Waals surface area contributed by atoms with E-state index in [9.17, 15) is 9.59 Å². The van der Waals surface area contributed by atoms with Crippen molar-refractivity contribution < 1.29 is 4.79 Å². The van der Waals surface area contributed by atoms with Crippen molar-refractivity contribution in [3.05, 3.63) is 91.2 Å². The Morgan fingerprint density at radius 1 is 1.02 bits per heavy atom. The van der Waals surface area contributed by atoms with Gasteiger partial charge in [-0.25, -0.2) is 4.98 Å². The highest BCUT2D eigenvalue weighted by atomic mass is 35.5. The number of nitrogens with one attached hydrogen (secondary N) is 1. The molecular weight excluding hydrogens is 576 g/mol. The molecule has 1 fully saturated rings. The second-order valence-corrected chi connectivity index (χ2v) is 13.3. The van der Waals surface area contributed by atoms with Gasteiger partial charge < -0.3 is 10.2 Å². The van der Waals surface area contributed by atoms with Crippen LogP contribution in [0.3, 0.4) is 0 Å². The van der Waals surface area contributed by atoms with Crippen molar-refractivity contribution in [2.24, 2.45) is 5.92 Å². The van der Waals surface area contributed by atoms with Crippen molar-refractivity contribution >= 4 is 40.4 Å². The maximum atomic E-state index is 14.7. The third-order valence-electron chi connectivity index (χ3n) is 8.10. The number of anilines is 2. The first-order valence-electron chi connectivity index (χ1n) is 15.4. The molecule has 1 aliphatic heterocycles. The second kappa shape index (κ2) is 13.5. The molecule has 6 nitrogen and oxygen atoms in total. The number of hydrogen-bond acceptors (Lipinski definition) is 5. The number of piperidine rings is 1. The van der Waals surface area contributed by atoms with E-state index in [2.05, 4.69) is 51.2 Å². The van der Waals surface area contributed by atoms with E-state index in [0.717, 1.165) is 78.3 Å². The van der Waals surface area contributed by atoms with Crippen LogP contribution in [-0.2, 0) is 19.3 Å². The van der Waals surface area contributed by atoms with Crippen molar-refractivity contribution in [3.63, 3.8) is 0 Å². The minimum Gasteiger partial charge on any atom is -0.339 e. The zero-order valence-corrected chi connectivity index (χ0v) is 27.4. The van der Waals surface area contributed by atoms with Gasteiger partial charge in [-0.1, -0.05) is 57.5 Å². The van der Waals surface area contributed by atoms with Gasteiger partial charge in [0.25, 0.3) is 11.5 Å². The number of nitrogens with zero attached hydrogens (tertiary/aromatic N) is 3. The van der Waals surface area contributed by atoms with Crippen LogP contribution in [0.25, 0.3) is 16.3 Å². The van der Waals surface area contributed by atoms with Crippen LogP contribution in [0.5, 0.6) is 0 Å². The van der Waals surface area contributed by atoms with Gasteiger partial charge in [-0.05, 0) is 92.8 Å². The highest BCUT2D eigenvalue weighted by molar-refractivity contribution is 7.15. The Kier molecular flexibility index (Phi) is 9.72. The Hall–Kier alpha value is -3.42. The van der Waals surface area contributed by atoms with Crippen LogP contribution in [0.2, 0.25) is 5.02 Å². The first-order chi connectivity index (χ1) is 20.7. The summed E-state index contributed by atoms with van der Waals surface area (Å²) >= 11 is 7.55. The summed E-state index contributed by atoms with van der Waals surface area (Å²) in [6, 6.07) is 15.5. The van der Waals surface area contributed by atoms with E-state index in [-0.39, 0.29) is 17.4 Å². The minimum absolute atomic E-state index is 0.00479. The normalized spacial score (nSPS) is 13.5. The molecule has 1 amide bonds. The number of hydrogen-bond donors (Lipinski definition) is 1. The molecule has 2 aromatic carbocycles. The molecule has 3 heterocycles. The number of aromatic nitrogens is 2. The van der Waals surface area contributed by atoms with Crippen molar-refractivity contribution in [2.75, 3.05) is 18.4 Å². The zero-order chi connectivity index (χ0) is 30.7. The largest absolute Gasteiger partial charge is 0.339 e. The van der Waals surface area contributed by atoms with Gasteiger partial charge in [-0.2, -0.15) is 0 Å². The van der Waals surface area contributed by atoms with Crippen LogP contribution < -0.4 is 10.9 Å². The summed E-state index contributed by atoms with van der Waals surface area (Å²) in [5.41, 5.74) is 5.70. The molecule has 0 bridgehead atoms. The molecule has 0 saturated carbocycles. The third-order valence-corrected chi connectivity index (χ3v) is 9.36. The predicted molar refractivity (Wildman–Crippen MR) is 180 cm³/mol. The van der Waals surface area contributed by atoms with Gasteiger partial charge in [-0.3, -0.25) is 14.2 Å². The van der Waals surface area contributed by atoms with Gasteiger partial charge in [0.1, 0.15) is 10.8 Å². The fraction of sp³-hybridized carbons (Fsp3) is 0.400. The fourth-order valence-corrected chi connectivity index (χ4v) is 6.89. The molecule has 0 aliphatic carbocycles. The van der Waals surface area contributed by atoms with E-state index < -0.39 is 0 Å². The number of amides is 1. The van der Waals surface area contributed by atoms with Crippen LogP contribution in [0.1, 0.15) is 79.0 Å². The van der Waals surface area contributed by atoms with Gasteiger partial charge in [-0.15, -0.1) is 11.3 Å². The van der Waals surface area contributed by atoms with Crippen LogP contribution >= 0.6 is 22.9 Å². The van der Waals surface area contributed by atoms with Crippen LogP contribution in [0, 0.1) is 12.8 Å². The number of benzene rings is 2. The molecule has 4 aromatic rings. The number of pyridine rings is 1. The SMILES string of the molecule is CCc1cccc(CC)c1-n1c(CC(C)C)c(C(=O)N2CCCCC2)cc(-c2nc(Nc3ccc(Cl)cc3)c(C)s2)c1=O. The Bertz CT molecular complexity index is 1640. The standard InChI is InChI=1S/C35H41ClN4O2S/c1-6-24-12-11-13-25(7-2)31(24)40-30(20-22(3)4)28(34(41)39-18-9-8-10-19-39)21-29(35(40)42)33-38-32(23(5)43-33)37-27-16-14-26(36)15-17-27/h11-17,21-22,37H,6-10,18-20H2,1-5H3. The Morgan fingerprint density at radius 3 is 2.28 bits per heavy atom. The minimum atomic E-state index is -0.131. The molecular formula is C35H41ClN4O2S. The molecule has 2 aromatic heterocycles. The summed E-state index contributed by atoms with van der Waals surface area (Å²) in [5.74, 6) is 0.942. The molecule has 43 heavy (non-hydrogen) atoms. The number of carbonyl (C=O) groups excluding carboxylic acids is 1. The van der Waals surface area contributed by atoms with E-state index >= 15 is 0 Å². The quantitative estimate of drug-likeness (QED) is 0.204. The Balaban J connectivity index is 1.77. The van der Waals surface area contributed by atoms with Crippen LogP contribution in [0.15, 0.2) is 53.3 Å². The Labute approximate surface area is 263 Å². The van der Waals surface area contributed by atoms with Crippen molar-refractivity contribution in [2.45, 2.75) is 73.1 Å². The lowest BCUT2D eigenvalue weighted by molar-refractivity contribution is 0.0722. The maximum absolute atomic E-state index is 14.7. The third kappa shape index (κ3) is 6.58. The molecule has 0 spiro atoms. The van der Waals surface area contributed by atoms with Gasteiger partial charge in [0.2, 0.25) is 0 Å². The molecule has 1 saturated heterocycles. The average molecular weight is 617 g/mol. The van der Waals surface area contributed by atoms with Gasteiger partial charge in [0.05, 0.1) is 16.8 Å². The molecule has 1 aliphatic rings. The number of aryl methyl sites for hydroxylation is 3. The summed E-state index contributed by atoms with van der Waals surface area (Å²) in [4.78, 5) is 36.9. The Morgan fingerprint density at radius 2 is 1.67 bits per heavy atom. The predicted octanol–water partition coefficient (Wildman–Crippen LogP) is 8.62. The van der Waals surface area contributed by atoms with E-state index in [1.807, 2.05) is 46.7 Å². The molecule has 226 valence electrons. The number of carbonyl (C=O) groups is 1. The van der Waals surface area contributed by atoms with Crippen molar-refractivity contribution in [1.29, 1.82) is 0 Å². The first-order valence-corrected chi connectivity index (χ1v) is 16.6. The lowest BCUT2D eigenvalue weighted by Gasteiger charge is -2.29. The maximum Gasteiger partial charge on any atom is 0.265 e. The highest BCUT2D eigenvalue weighted by Gasteiger charge is 2.28. The second-order valence-electron chi connectivity index (χ2n) is 11.7. The van der Waals surface area contributed by atoms with Gasteiger partial charge in [0, 0.05) is 34.4 Å². The van der Waals surface area contributed by atoms with E-state index in [0.29, 0.717) is 33.4 Å². The number of rotatable bonds is 9. The number of thiazole rings is 1. The molecule has 0 atom stereocenters. The molecule has 0 unspecified atom stereocenters. The summed E-state index contributed by atoms with van der Waals surface area (Å²) in [6.45, 7) is 12.0. The van der Waals surface area contributed by atoms with Crippen molar-refractivity contribution in [3.8, 4) is 16.3 Å². The molecule has 0 radical (unpaired) electrons. The van der Waals surface area contributed by atoms with Gasteiger partial charge >= 0.3 is 0 Å². The summed E-state index contributed by atoms with van der Waals surface area (Å²) in [5, 5.41) is 4.64. The number of halogens is 1. The van der Waals surface area contributed by atoms with E-state index in [1.54, 1.807) is 0 Å². The zero-order valence-electron chi connectivity index (χ0n) is 25.8. The highest BCUT2D eigenvalue weighted by Crippen LogP contribution is 2.34. The monoisotopic (exact) mass is 616 g/mol. The topological polar surface area (TPSA) is 67.2 Å². The fourth-order valence-electron chi connectivity index (χ4n) is 5.88. The lowest BCUT2D eigenvalue weighted by Crippen LogP contribution is -2.38. The first kappa shape index (κ1) is 31.0. The number of likely N-dealkylation sites (tertiary alicyclic amines) is 1. The molecule has 5 rings (SSSR count). The van der Waals surface area contributed by atoms with E-state index in [4.69, 9.17) is 16.6 Å². The number of para-hydroxylation sites is 1. The molecule has 1 N–H and O–H groups in total. The van der Waals surface area contributed by atoms with Crippen LogP contribution in [0.4, 0.5) is 11.5 Å². The summed E-state index contributed by atoms with van der Waals surface area (Å²) < 4.78 is 1.87. The van der Waals surface area contributed by atoms with Crippen LogP contribution in [-0.4, -0.2) is 33.4 Å². The lowest BCUT2D eigenvalue weighted by atomic mass is 9.96. The molecule has 8 heteroatoms.